The lowest BCUT2D eigenvalue weighted by molar-refractivity contribution is 0.0658. The van der Waals surface area contributed by atoms with E-state index in [1.54, 1.807) is 4.90 Å². The molecule has 2 rings (SSSR count). The van der Waals surface area contributed by atoms with Crippen molar-refractivity contribution in [2.75, 3.05) is 13.1 Å². The SMILES string of the molecule is CC1CN(C(=O)c2cn[nH]n2)CCC1N. The van der Waals surface area contributed by atoms with Gasteiger partial charge in [0.15, 0.2) is 5.69 Å². The van der Waals surface area contributed by atoms with E-state index < -0.39 is 0 Å². The second-order valence-electron chi connectivity index (χ2n) is 4.04. The molecular weight excluding hydrogens is 194 g/mol. The number of carbonyl (C=O) groups excluding carboxylic acids is 1. The van der Waals surface area contributed by atoms with Crippen LogP contribution in [0, 0.1) is 5.92 Å². The molecule has 0 saturated carbocycles. The predicted octanol–water partition coefficient (Wildman–Crippen LogP) is -0.386. The number of carbonyl (C=O) groups is 1. The molecule has 1 aliphatic rings. The fourth-order valence-electron chi connectivity index (χ4n) is 1.81. The highest BCUT2D eigenvalue weighted by Crippen LogP contribution is 2.16. The normalized spacial score (nSPS) is 26.7. The topological polar surface area (TPSA) is 87.9 Å². The molecule has 2 heterocycles. The first-order valence-corrected chi connectivity index (χ1v) is 5.09. The summed E-state index contributed by atoms with van der Waals surface area (Å²) in [6, 6.07) is 0.200. The zero-order valence-corrected chi connectivity index (χ0v) is 8.68. The van der Waals surface area contributed by atoms with Crippen LogP contribution in [0.4, 0.5) is 0 Å². The van der Waals surface area contributed by atoms with Crippen LogP contribution >= 0.6 is 0 Å². The van der Waals surface area contributed by atoms with E-state index in [2.05, 4.69) is 22.3 Å². The van der Waals surface area contributed by atoms with Gasteiger partial charge >= 0.3 is 0 Å². The van der Waals surface area contributed by atoms with Gasteiger partial charge in [0.2, 0.25) is 0 Å². The van der Waals surface area contributed by atoms with Crippen LogP contribution in [0.3, 0.4) is 0 Å². The molecule has 82 valence electrons. The Labute approximate surface area is 87.8 Å². The molecule has 2 atom stereocenters. The quantitative estimate of drug-likeness (QED) is 0.659. The van der Waals surface area contributed by atoms with E-state index in [4.69, 9.17) is 5.73 Å². The fraction of sp³-hybridized carbons (Fsp3) is 0.667. The van der Waals surface area contributed by atoms with Crippen molar-refractivity contribution < 1.29 is 4.79 Å². The molecule has 1 amide bonds. The van der Waals surface area contributed by atoms with Crippen LogP contribution in [0.25, 0.3) is 0 Å². The summed E-state index contributed by atoms with van der Waals surface area (Å²) in [5.74, 6) is 0.275. The van der Waals surface area contributed by atoms with Gasteiger partial charge in [0.1, 0.15) is 0 Å². The van der Waals surface area contributed by atoms with Crippen LogP contribution in [0.5, 0.6) is 0 Å². The summed E-state index contributed by atoms with van der Waals surface area (Å²) >= 11 is 0. The molecule has 3 N–H and O–H groups in total. The van der Waals surface area contributed by atoms with Gasteiger partial charge in [-0.25, -0.2) is 0 Å². The first kappa shape index (κ1) is 10.1. The maximum Gasteiger partial charge on any atom is 0.276 e. The maximum atomic E-state index is 11.9. The van der Waals surface area contributed by atoms with Gasteiger partial charge in [0, 0.05) is 19.1 Å². The molecule has 0 aromatic carbocycles. The van der Waals surface area contributed by atoms with Gasteiger partial charge in [-0.2, -0.15) is 15.4 Å². The highest BCUT2D eigenvalue weighted by molar-refractivity contribution is 5.91. The average Bonchev–Trinajstić information content (AvgIpc) is 2.74. The van der Waals surface area contributed by atoms with Crippen molar-refractivity contribution in [2.45, 2.75) is 19.4 Å². The molecule has 1 aromatic heterocycles. The van der Waals surface area contributed by atoms with E-state index in [0.29, 0.717) is 24.7 Å². The lowest BCUT2D eigenvalue weighted by atomic mass is 9.95. The van der Waals surface area contributed by atoms with Crippen molar-refractivity contribution in [2.24, 2.45) is 11.7 Å². The molecule has 0 radical (unpaired) electrons. The number of hydrogen-bond donors (Lipinski definition) is 2. The third-order valence-corrected chi connectivity index (χ3v) is 2.89. The van der Waals surface area contributed by atoms with Crippen molar-refractivity contribution in [3.05, 3.63) is 11.9 Å². The number of aromatic amines is 1. The lowest BCUT2D eigenvalue weighted by Gasteiger charge is -2.34. The van der Waals surface area contributed by atoms with Gasteiger partial charge in [-0.05, 0) is 12.3 Å². The Morgan fingerprint density at radius 3 is 3.13 bits per heavy atom. The molecule has 15 heavy (non-hydrogen) atoms. The number of H-pyrrole nitrogens is 1. The fourth-order valence-corrected chi connectivity index (χ4v) is 1.81. The average molecular weight is 209 g/mol. The van der Waals surface area contributed by atoms with Crippen LogP contribution in [0.15, 0.2) is 6.20 Å². The molecule has 6 nitrogen and oxygen atoms in total. The molecule has 6 heteroatoms. The van der Waals surface area contributed by atoms with Crippen LogP contribution < -0.4 is 5.73 Å². The van der Waals surface area contributed by atoms with E-state index in [0.717, 1.165) is 6.42 Å². The summed E-state index contributed by atoms with van der Waals surface area (Å²) in [7, 11) is 0. The van der Waals surface area contributed by atoms with Gasteiger partial charge in [-0.1, -0.05) is 6.92 Å². The van der Waals surface area contributed by atoms with Crippen molar-refractivity contribution in [1.29, 1.82) is 0 Å². The van der Waals surface area contributed by atoms with E-state index in [1.165, 1.54) is 6.20 Å². The number of piperidine rings is 1. The molecule has 1 aromatic rings. The third kappa shape index (κ3) is 1.99. The Hall–Kier alpha value is -1.43. The number of aromatic nitrogens is 3. The second kappa shape index (κ2) is 3.98. The van der Waals surface area contributed by atoms with E-state index in [1.807, 2.05) is 0 Å². The summed E-state index contributed by atoms with van der Waals surface area (Å²) in [4.78, 5) is 13.7. The number of nitrogens with two attached hydrogens (primary N) is 1. The third-order valence-electron chi connectivity index (χ3n) is 2.89. The first-order valence-electron chi connectivity index (χ1n) is 5.09. The first-order chi connectivity index (χ1) is 7.18. The predicted molar refractivity (Wildman–Crippen MR) is 54.0 cm³/mol. The summed E-state index contributed by atoms with van der Waals surface area (Å²) in [6.07, 6.45) is 2.30. The molecule has 0 spiro atoms. The zero-order chi connectivity index (χ0) is 10.8. The maximum absolute atomic E-state index is 11.9. The molecule has 1 fully saturated rings. The van der Waals surface area contributed by atoms with Crippen LogP contribution in [-0.2, 0) is 0 Å². The Bertz CT molecular complexity index is 336. The molecule has 0 aliphatic carbocycles. The number of nitrogens with one attached hydrogen (secondary N) is 1. The van der Waals surface area contributed by atoms with Gasteiger partial charge in [-0.3, -0.25) is 4.79 Å². The molecule has 1 saturated heterocycles. The Morgan fingerprint density at radius 2 is 2.53 bits per heavy atom. The summed E-state index contributed by atoms with van der Waals surface area (Å²) in [6.45, 7) is 3.47. The Balaban J connectivity index is 2.03. The standard InChI is InChI=1S/C9H15N5O/c1-6-5-14(3-2-7(6)10)9(15)8-4-11-13-12-8/h4,6-7H,2-3,5,10H2,1H3,(H,11,12,13). The smallest absolute Gasteiger partial charge is 0.276 e. The minimum atomic E-state index is -0.0671. The number of amides is 1. The van der Waals surface area contributed by atoms with Crippen molar-refractivity contribution in [1.82, 2.24) is 20.3 Å². The Kier molecular flexibility index (Phi) is 2.68. The van der Waals surface area contributed by atoms with Gasteiger partial charge in [-0.15, -0.1) is 0 Å². The lowest BCUT2D eigenvalue weighted by Crippen LogP contribution is -2.48. The monoisotopic (exact) mass is 209 g/mol. The van der Waals surface area contributed by atoms with Crippen molar-refractivity contribution in [3.8, 4) is 0 Å². The van der Waals surface area contributed by atoms with Crippen LogP contribution in [0.1, 0.15) is 23.8 Å². The summed E-state index contributed by atoms with van der Waals surface area (Å²) in [5, 5.41) is 9.84. The summed E-state index contributed by atoms with van der Waals surface area (Å²) in [5.41, 5.74) is 6.26. The number of hydrogen-bond acceptors (Lipinski definition) is 4. The van der Waals surface area contributed by atoms with Crippen molar-refractivity contribution in [3.63, 3.8) is 0 Å². The van der Waals surface area contributed by atoms with E-state index in [9.17, 15) is 4.79 Å². The Morgan fingerprint density at radius 1 is 1.73 bits per heavy atom. The van der Waals surface area contributed by atoms with Gasteiger partial charge in [0.05, 0.1) is 6.20 Å². The van der Waals surface area contributed by atoms with Crippen molar-refractivity contribution >= 4 is 5.91 Å². The molecule has 0 bridgehead atoms. The number of nitrogens with zero attached hydrogens (tertiary/aromatic N) is 3. The highest BCUT2D eigenvalue weighted by atomic mass is 16.2. The van der Waals surface area contributed by atoms with E-state index >= 15 is 0 Å². The number of likely N-dealkylation sites (tertiary alicyclic amines) is 1. The zero-order valence-electron chi connectivity index (χ0n) is 8.68. The van der Waals surface area contributed by atoms with Crippen LogP contribution in [0.2, 0.25) is 0 Å². The number of rotatable bonds is 1. The molecular formula is C9H15N5O. The van der Waals surface area contributed by atoms with Gasteiger partial charge in [0.25, 0.3) is 5.91 Å². The van der Waals surface area contributed by atoms with Crippen LogP contribution in [-0.4, -0.2) is 45.3 Å². The molecule has 2 unspecified atom stereocenters. The van der Waals surface area contributed by atoms with Gasteiger partial charge < -0.3 is 10.6 Å². The minimum absolute atomic E-state index is 0.0671. The largest absolute Gasteiger partial charge is 0.337 e. The molecule has 1 aliphatic heterocycles. The second-order valence-corrected chi connectivity index (χ2v) is 4.04. The minimum Gasteiger partial charge on any atom is -0.337 e. The summed E-state index contributed by atoms with van der Waals surface area (Å²) < 4.78 is 0. The van der Waals surface area contributed by atoms with E-state index in [-0.39, 0.29) is 11.9 Å². The highest BCUT2D eigenvalue weighted by Gasteiger charge is 2.27.